The number of aromatic amines is 4. The van der Waals surface area contributed by atoms with Gasteiger partial charge in [0.05, 0.1) is 6.20 Å². The Morgan fingerprint density at radius 2 is 1.06 bits per heavy atom. The van der Waals surface area contributed by atoms with E-state index in [0.29, 0.717) is 71.4 Å². The molecule has 6 atom stereocenters. The van der Waals surface area contributed by atoms with Gasteiger partial charge in [-0.3, -0.25) is 19.5 Å². The number of rotatable bonds is 26. The van der Waals surface area contributed by atoms with Crippen LogP contribution in [0.4, 0.5) is 17.1 Å². The first kappa shape index (κ1) is 68.1. The summed E-state index contributed by atoms with van der Waals surface area (Å²) in [6.07, 6.45) is 21.2. The second kappa shape index (κ2) is 32.9. The van der Waals surface area contributed by atoms with E-state index in [1.165, 1.54) is 44.2 Å². The van der Waals surface area contributed by atoms with Gasteiger partial charge in [-0.25, -0.2) is 4.98 Å². The van der Waals surface area contributed by atoms with Crippen LogP contribution in [0.2, 0.25) is 0 Å². The number of carbonyl (C=O) groups excluding carboxylic acids is 3. The number of anilines is 3. The number of unbranched alkanes of at least 4 members (excludes halogenated alkanes) is 3. The number of benzene rings is 3. The van der Waals surface area contributed by atoms with Crippen LogP contribution in [0.15, 0.2) is 102 Å². The Bertz CT molecular complexity index is 3420. The lowest BCUT2D eigenvalue weighted by Crippen LogP contribution is -2.50. The van der Waals surface area contributed by atoms with Crippen LogP contribution in [-0.4, -0.2) is 182 Å². The molecule has 12 rings (SSSR count). The number of nitrogens with zero attached hydrogens (tertiary/aromatic N) is 11. The van der Waals surface area contributed by atoms with E-state index in [0.717, 1.165) is 158 Å². The molecule has 6 unspecified atom stereocenters. The Balaban J connectivity index is 0.000000153. The molecule has 9 aromatic rings. The molecule has 3 aromatic carbocycles. The third-order valence-electron chi connectivity index (χ3n) is 19.4. The van der Waals surface area contributed by atoms with Gasteiger partial charge >= 0.3 is 0 Å². The van der Waals surface area contributed by atoms with E-state index in [1.54, 1.807) is 6.20 Å². The molecule has 0 saturated carbocycles. The van der Waals surface area contributed by atoms with Crippen LogP contribution in [0, 0.1) is 11.8 Å². The number of hydrogen-bond donors (Lipinski definition) is 5. The van der Waals surface area contributed by atoms with Gasteiger partial charge in [0.2, 0.25) is 16.1 Å². The predicted octanol–water partition coefficient (Wildman–Crippen LogP) is 12.7. The van der Waals surface area contributed by atoms with Crippen LogP contribution in [0.25, 0.3) is 32.7 Å². The molecular formula is C72H100N16O4S. The van der Waals surface area contributed by atoms with Crippen molar-refractivity contribution in [2.75, 3.05) is 94.7 Å². The highest BCUT2D eigenvalue weighted by Crippen LogP contribution is 2.30. The highest BCUT2D eigenvalue weighted by Gasteiger charge is 2.30. The molecule has 1 amide bonds. The molecule has 3 fully saturated rings. The zero-order chi connectivity index (χ0) is 65.4. The zero-order valence-corrected chi connectivity index (χ0v) is 57.2. The van der Waals surface area contributed by atoms with Crippen molar-refractivity contribution in [2.24, 2.45) is 11.8 Å². The number of nitrogens with one attached hydrogen (secondary N) is 5. The summed E-state index contributed by atoms with van der Waals surface area (Å²) < 4.78 is 5.92. The number of H-pyrrole nitrogens is 4. The van der Waals surface area contributed by atoms with Crippen molar-refractivity contribution < 1.29 is 18.8 Å². The molecule has 93 heavy (non-hydrogen) atoms. The summed E-state index contributed by atoms with van der Waals surface area (Å²) in [5.41, 5.74) is 7.25. The van der Waals surface area contributed by atoms with E-state index in [2.05, 4.69) is 216 Å². The monoisotopic (exact) mass is 1280 g/mol. The van der Waals surface area contributed by atoms with Crippen molar-refractivity contribution in [3.05, 3.63) is 131 Å². The molecule has 0 radical (unpaired) electrons. The molecule has 3 saturated heterocycles. The van der Waals surface area contributed by atoms with Gasteiger partial charge in [0.1, 0.15) is 0 Å². The topological polar surface area (TPSA) is 223 Å². The molecular weight excluding hydrogens is 1180 g/mol. The summed E-state index contributed by atoms with van der Waals surface area (Å²) in [5, 5.41) is 24.0. The molecule has 21 heteroatoms. The summed E-state index contributed by atoms with van der Waals surface area (Å²) in [5.74, 6) is 2.01. The van der Waals surface area contributed by atoms with Crippen molar-refractivity contribution in [1.82, 2.24) is 65.3 Å². The third kappa shape index (κ3) is 18.0. The second-order valence-corrected chi connectivity index (χ2v) is 27.4. The third-order valence-corrected chi connectivity index (χ3v) is 20.4. The van der Waals surface area contributed by atoms with Crippen molar-refractivity contribution in [3.63, 3.8) is 0 Å². The van der Waals surface area contributed by atoms with Gasteiger partial charge < -0.3 is 54.1 Å². The number of fused-ring (bicyclic) bond motifs is 3. The quantitative estimate of drug-likeness (QED) is 0.0318. The Morgan fingerprint density at radius 1 is 0.591 bits per heavy atom. The number of amides is 1. The van der Waals surface area contributed by atoms with Gasteiger partial charge in [-0.05, 0) is 127 Å². The maximum absolute atomic E-state index is 13.1. The van der Waals surface area contributed by atoms with Crippen molar-refractivity contribution in [1.29, 1.82) is 0 Å². The first-order valence-corrected chi connectivity index (χ1v) is 35.1. The predicted molar refractivity (Wildman–Crippen MR) is 376 cm³/mol. The largest absolute Gasteiger partial charge is 0.420 e. The Hall–Kier alpha value is -7.72. The lowest BCUT2D eigenvalue weighted by atomic mass is 9.89. The molecule has 6 aromatic heterocycles. The summed E-state index contributed by atoms with van der Waals surface area (Å²) >= 11 is 1.39. The number of oxazole rings is 1. The van der Waals surface area contributed by atoms with Crippen LogP contribution in [0.3, 0.4) is 0 Å². The standard InChI is InChI=1S/C25H34N4O2.C24H34N6O.C23H32N6OS/c1-4-5-8-19(13-20-15-26-22-10-7-6-9-21(20)22)14-23(30)24-16-27-25(31-24)29-12-11-28(3)18(2)17-29;1-4-5-8-18(13-19-15-25-21-10-7-6-9-20(19)21)14-22(31)23-26-24(28-27-23)30-12-11-29(3)17(2)16-30;1-4-5-8-18(13-17-14-24-20-10-7-6-9-19(17)20)25-21(30)22-26-27-23(31-22)29-12-11-28(3)16(2)15-29/h6-7,9-10,15-16,18-19,26H,4-5,8,11-14,17H2,1-3H3;6-7,9-10,15,17-18,25H,4-5,8,11-14,16H2,1-3H3,(H,26,27,28);6-7,9-10,14,16,18,24H,4-5,8,11-13,15H2,1-3H3,(H,25,30). The Labute approximate surface area is 553 Å². The summed E-state index contributed by atoms with van der Waals surface area (Å²) in [4.78, 5) is 71.7. The molecule has 3 aliphatic rings. The van der Waals surface area contributed by atoms with Gasteiger partial charge in [0.25, 0.3) is 11.9 Å². The molecule has 3 aliphatic heterocycles. The number of ketones is 2. The average molecular weight is 1290 g/mol. The molecule has 5 N–H and O–H groups in total. The molecule has 0 spiro atoms. The van der Waals surface area contributed by atoms with Crippen LogP contribution < -0.4 is 20.0 Å². The van der Waals surface area contributed by atoms with E-state index in [4.69, 9.17) is 4.42 Å². The van der Waals surface area contributed by atoms with Gasteiger partial charge in [-0.1, -0.05) is 125 Å². The first-order valence-electron chi connectivity index (χ1n) is 34.2. The van der Waals surface area contributed by atoms with E-state index in [-0.39, 0.29) is 23.5 Å². The van der Waals surface area contributed by atoms with Crippen molar-refractivity contribution in [2.45, 2.75) is 156 Å². The van der Waals surface area contributed by atoms with E-state index in [1.807, 2.05) is 18.2 Å². The fourth-order valence-electron chi connectivity index (χ4n) is 13.1. The maximum Gasteiger partial charge on any atom is 0.297 e. The number of carbonyl (C=O) groups is 3. The lowest BCUT2D eigenvalue weighted by Gasteiger charge is -2.37. The summed E-state index contributed by atoms with van der Waals surface area (Å²) in [6.45, 7) is 21.4. The van der Waals surface area contributed by atoms with Crippen LogP contribution in [0.5, 0.6) is 0 Å². The fourth-order valence-corrected chi connectivity index (χ4v) is 13.9. The number of likely N-dealkylation sites (N-methyl/N-ethyl adjacent to an activating group) is 3. The van der Waals surface area contributed by atoms with Crippen LogP contribution in [-0.2, 0) is 19.3 Å². The number of piperazine rings is 3. The lowest BCUT2D eigenvalue weighted by molar-refractivity contribution is 0.0924. The summed E-state index contributed by atoms with van der Waals surface area (Å²) in [6, 6.07) is 27.0. The fraction of sp³-hybridized carbons (Fsp3) is 0.528. The Morgan fingerprint density at radius 3 is 1.60 bits per heavy atom. The molecule has 0 bridgehead atoms. The normalized spacial score (nSPS) is 18.5. The first-order chi connectivity index (χ1) is 45.1. The highest BCUT2D eigenvalue weighted by atomic mass is 32.1. The van der Waals surface area contributed by atoms with E-state index in [9.17, 15) is 14.4 Å². The number of para-hydroxylation sites is 3. The van der Waals surface area contributed by atoms with Gasteiger partial charge in [0, 0.05) is 147 Å². The minimum atomic E-state index is -0.119. The smallest absolute Gasteiger partial charge is 0.297 e. The molecule has 498 valence electrons. The van der Waals surface area contributed by atoms with Gasteiger partial charge in [0.15, 0.2) is 23.2 Å². The minimum Gasteiger partial charge on any atom is -0.420 e. The average Bonchev–Trinajstić information content (AvgIpc) is 3.66. The second-order valence-electron chi connectivity index (χ2n) is 26.5. The molecule has 20 nitrogen and oxygen atoms in total. The molecule has 9 heterocycles. The zero-order valence-electron chi connectivity index (χ0n) is 56.4. The van der Waals surface area contributed by atoms with Crippen LogP contribution >= 0.6 is 11.3 Å². The maximum atomic E-state index is 13.1. The van der Waals surface area contributed by atoms with Crippen LogP contribution in [0.1, 0.15) is 160 Å². The van der Waals surface area contributed by atoms with Crippen molar-refractivity contribution >= 4 is 78.6 Å². The van der Waals surface area contributed by atoms with Gasteiger partial charge in [-0.15, -0.1) is 15.3 Å². The number of aromatic nitrogens is 9. The SMILES string of the molecule is CCCCC(CC(=O)c1cnc(N2CCN(C)C(C)C2)o1)Cc1c[nH]c2ccccc12.CCCCC(CC(=O)c1nc(N2CCN(C)C(C)C2)n[nH]1)Cc1c[nH]c2ccccc12.CCCCC(Cc1c[nH]c2ccccc12)NC(=O)c1nnc(N2CCN(C)C(C)C2)s1. The van der Waals surface area contributed by atoms with Gasteiger partial charge in [-0.2, -0.15) is 4.98 Å². The molecule has 0 aliphatic carbocycles. The van der Waals surface area contributed by atoms with E-state index < -0.39 is 0 Å². The number of Topliss-reactive ketones (excluding diaryl/α,β-unsaturated/α-hetero) is 2. The minimum absolute atomic E-state index is 0.0573. The number of hydrogen-bond acceptors (Lipinski definition) is 16. The highest BCUT2D eigenvalue weighted by molar-refractivity contribution is 7.17. The Kier molecular flexibility index (Phi) is 24.1. The van der Waals surface area contributed by atoms with E-state index >= 15 is 0 Å². The summed E-state index contributed by atoms with van der Waals surface area (Å²) in [7, 11) is 6.42. The van der Waals surface area contributed by atoms with Crippen molar-refractivity contribution in [3.8, 4) is 0 Å².